The van der Waals surface area contributed by atoms with Crippen molar-refractivity contribution in [2.24, 2.45) is 5.10 Å². The molecule has 2 aromatic rings. The van der Waals surface area contributed by atoms with Gasteiger partial charge in [0, 0.05) is 16.8 Å². The van der Waals surface area contributed by atoms with E-state index < -0.39 is 0 Å². The smallest absolute Gasteiger partial charge is 0.271 e. The van der Waals surface area contributed by atoms with Crippen LogP contribution in [0.25, 0.3) is 0 Å². The van der Waals surface area contributed by atoms with Gasteiger partial charge in [0.2, 0.25) is 0 Å². The van der Waals surface area contributed by atoms with E-state index in [4.69, 9.17) is 15.2 Å². The standard InChI is InChI=1S/C17H19N3O3/c1-3-23-15-6-4-5-13(16(15)22-2)11-19-20-17(21)12-7-9-14(18)10-8-12/h4-11H,3,18H2,1-2H3,(H,20,21)/b19-11-. The van der Waals surface area contributed by atoms with Gasteiger partial charge >= 0.3 is 0 Å². The Kier molecular flexibility index (Phi) is 5.57. The highest BCUT2D eigenvalue weighted by Gasteiger charge is 2.08. The molecule has 0 saturated heterocycles. The summed E-state index contributed by atoms with van der Waals surface area (Å²) in [7, 11) is 1.56. The fourth-order valence-electron chi connectivity index (χ4n) is 1.98. The Hall–Kier alpha value is -3.02. The first-order valence-electron chi connectivity index (χ1n) is 7.14. The normalized spacial score (nSPS) is 10.5. The van der Waals surface area contributed by atoms with Gasteiger partial charge in [0.25, 0.3) is 5.91 Å². The molecule has 0 heterocycles. The van der Waals surface area contributed by atoms with E-state index in [2.05, 4.69) is 10.5 Å². The number of carbonyl (C=O) groups excluding carboxylic acids is 1. The number of hydrazone groups is 1. The molecule has 6 nitrogen and oxygen atoms in total. The van der Waals surface area contributed by atoms with Crippen molar-refractivity contribution in [1.82, 2.24) is 5.43 Å². The van der Waals surface area contributed by atoms with Crippen molar-refractivity contribution in [2.75, 3.05) is 19.5 Å². The highest BCUT2D eigenvalue weighted by Crippen LogP contribution is 2.29. The van der Waals surface area contributed by atoms with E-state index in [0.717, 1.165) is 0 Å². The van der Waals surface area contributed by atoms with Crippen LogP contribution in [0.15, 0.2) is 47.6 Å². The molecule has 2 rings (SSSR count). The van der Waals surface area contributed by atoms with Crippen LogP contribution in [0.4, 0.5) is 5.69 Å². The van der Waals surface area contributed by atoms with Gasteiger partial charge in [0.15, 0.2) is 11.5 Å². The van der Waals surface area contributed by atoms with Crippen LogP contribution in [0, 0.1) is 0 Å². The molecule has 0 aromatic heterocycles. The fourth-order valence-corrected chi connectivity index (χ4v) is 1.98. The third-order valence-corrected chi connectivity index (χ3v) is 3.06. The molecule has 23 heavy (non-hydrogen) atoms. The molecule has 120 valence electrons. The molecular formula is C17H19N3O3. The monoisotopic (exact) mass is 313 g/mol. The molecule has 0 aliphatic heterocycles. The first-order valence-corrected chi connectivity index (χ1v) is 7.14. The van der Waals surface area contributed by atoms with E-state index in [1.54, 1.807) is 31.4 Å². The van der Waals surface area contributed by atoms with Gasteiger partial charge in [-0.05, 0) is 43.3 Å². The van der Waals surface area contributed by atoms with Crippen molar-refractivity contribution in [3.8, 4) is 11.5 Å². The maximum Gasteiger partial charge on any atom is 0.271 e. The topological polar surface area (TPSA) is 85.9 Å². The molecule has 0 bridgehead atoms. The summed E-state index contributed by atoms with van der Waals surface area (Å²) in [5.74, 6) is 0.879. The predicted molar refractivity (Wildman–Crippen MR) is 90.1 cm³/mol. The summed E-state index contributed by atoms with van der Waals surface area (Å²) >= 11 is 0. The van der Waals surface area contributed by atoms with E-state index >= 15 is 0 Å². The zero-order valence-corrected chi connectivity index (χ0v) is 13.1. The molecular weight excluding hydrogens is 294 g/mol. The summed E-state index contributed by atoms with van der Waals surface area (Å²) in [6.45, 7) is 2.43. The molecule has 0 atom stereocenters. The number of para-hydroxylation sites is 1. The van der Waals surface area contributed by atoms with Gasteiger partial charge in [-0.15, -0.1) is 0 Å². The number of nitrogen functional groups attached to an aromatic ring is 1. The zero-order valence-electron chi connectivity index (χ0n) is 13.1. The van der Waals surface area contributed by atoms with Crippen molar-refractivity contribution >= 4 is 17.8 Å². The Morgan fingerprint density at radius 2 is 2.00 bits per heavy atom. The van der Waals surface area contributed by atoms with Gasteiger partial charge in [-0.3, -0.25) is 4.79 Å². The minimum atomic E-state index is -0.318. The summed E-state index contributed by atoms with van der Waals surface area (Å²) in [5.41, 5.74) is 9.83. The third-order valence-electron chi connectivity index (χ3n) is 3.06. The van der Waals surface area contributed by atoms with Gasteiger partial charge < -0.3 is 15.2 Å². The molecule has 0 saturated carbocycles. The molecule has 1 amide bonds. The molecule has 0 fully saturated rings. The number of ether oxygens (including phenoxy) is 2. The summed E-state index contributed by atoms with van der Waals surface area (Å²) < 4.78 is 10.8. The van der Waals surface area contributed by atoms with Gasteiger partial charge in [0.05, 0.1) is 19.9 Å². The number of nitrogens with zero attached hydrogens (tertiary/aromatic N) is 1. The zero-order chi connectivity index (χ0) is 16.7. The molecule has 0 radical (unpaired) electrons. The van der Waals surface area contributed by atoms with E-state index in [0.29, 0.717) is 34.9 Å². The van der Waals surface area contributed by atoms with Crippen molar-refractivity contribution in [3.05, 3.63) is 53.6 Å². The molecule has 6 heteroatoms. The minimum absolute atomic E-state index is 0.318. The molecule has 0 aliphatic rings. The van der Waals surface area contributed by atoms with Crippen LogP contribution < -0.4 is 20.6 Å². The summed E-state index contributed by atoms with van der Waals surface area (Å²) in [6, 6.07) is 12.1. The highest BCUT2D eigenvalue weighted by atomic mass is 16.5. The lowest BCUT2D eigenvalue weighted by molar-refractivity contribution is 0.0955. The lowest BCUT2D eigenvalue weighted by atomic mass is 10.2. The lowest BCUT2D eigenvalue weighted by Gasteiger charge is -2.11. The second-order valence-electron chi connectivity index (χ2n) is 4.63. The Morgan fingerprint density at radius 1 is 1.26 bits per heavy atom. The second-order valence-corrected chi connectivity index (χ2v) is 4.63. The Labute approximate surface area is 134 Å². The maximum atomic E-state index is 11.9. The number of methoxy groups -OCH3 is 1. The van der Waals surface area contributed by atoms with Crippen LogP contribution in [0.3, 0.4) is 0 Å². The number of nitrogens with two attached hydrogens (primary N) is 1. The average Bonchev–Trinajstić information content (AvgIpc) is 2.56. The Bertz CT molecular complexity index is 697. The predicted octanol–water partition coefficient (Wildman–Crippen LogP) is 2.44. The molecule has 0 aliphatic carbocycles. The van der Waals surface area contributed by atoms with Gasteiger partial charge in [-0.1, -0.05) is 6.07 Å². The highest BCUT2D eigenvalue weighted by molar-refractivity contribution is 5.95. The van der Waals surface area contributed by atoms with E-state index in [9.17, 15) is 4.79 Å². The number of rotatable bonds is 6. The lowest BCUT2D eigenvalue weighted by Crippen LogP contribution is -2.17. The number of hydrogen-bond acceptors (Lipinski definition) is 5. The number of benzene rings is 2. The summed E-state index contributed by atoms with van der Waals surface area (Å²) in [6.07, 6.45) is 1.51. The first-order chi connectivity index (χ1) is 11.2. The first kappa shape index (κ1) is 16.4. The van der Waals surface area contributed by atoms with Crippen LogP contribution in [0.2, 0.25) is 0 Å². The molecule has 0 unspecified atom stereocenters. The Balaban J connectivity index is 2.09. The average molecular weight is 313 g/mol. The van der Waals surface area contributed by atoms with Crippen molar-refractivity contribution in [2.45, 2.75) is 6.92 Å². The summed E-state index contributed by atoms with van der Waals surface area (Å²) in [5, 5.41) is 3.96. The van der Waals surface area contributed by atoms with Crippen LogP contribution in [-0.2, 0) is 0 Å². The number of anilines is 1. The molecule has 3 N–H and O–H groups in total. The number of amides is 1. The van der Waals surface area contributed by atoms with Crippen LogP contribution in [0.1, 0.15) is 22.8 Å². The summed E-state index contributed by atoms with van der Waals surface area (Å²) in [4.78, 5) is 11.9. The van der Waals surface area contributed by atoms with Crippen LogP contribution in [0.5, 0.6) is 11.5 Å². The maximum absolute atomic E-state index is 11.9. The van der Waals surface area contributed by atoms with Crippen LogP contribution >= 0.6 is 0 Å². The SMILES string of the molecule is CCOc1cccc(/C=N\NC(=O)c2ccc(N)cc2)c1OC. The van der Waals surface area contributed by atoms with E-state index in [1.165, 1.54) is 6.21 Å². The molecule has 2 aromatic carbocycles. The Morgan fingerprint density at radius 3 is 2.65 bits per heavy atom. The second kappa shape index (κ2) is 7.84. The van der Waals surface area contributed by atoms with Crippen molar-refractivity contribution in [3.63, 3.8) is 0 Å². The number of hydrogen-bond donors (Lipinski definition) is 2. The minimum Gasteiger partial charge on any atom is -0.492 e. The largest absolute Gasteiger partial charge is 0.492 e. The number of nitrogens with one attached hydrogen (secondary N) is 1. The van der Waals surface area contributed by atoms with Crippen molar-refractivity contribution < 1.29 is 14.3 Å². The van der Waals surface area contributed by atoms with Gasteiger partial charge in [-0.2, -0.15) is 5.10 Å². The van der Waals surface area contributed by atoms with Gasteiger partial charge in [-0.25, -0.2) is 5.43 Å². The fraction of sp³-hybridized carbons (Fsp3) is 0.176. The molecule has 0 spiro atoms. The number of carbonyl (C=O) groups is 1. The van der Waals surface area contributed by atoms with E-state index in [1.807, 2.05) is 25.1 Å². The van der Waals surface area contributed by atoms with Crippen LogP contribution in [-0.4, -0.2) is 25.8 Å². The third kappa shape index (κ3) is 4.23. The van der Waals surface area contributed by atoms with Crippen molar-refractivity contribution in [1.29, 1.82) is 0 Å². The quantitative estimate of drug-likeness (QED) is 0.487. The van der Waals surface area contributed by atoms with E-state index in [-0.39, 0.29) is 5.91 Å². The van der Waals surface area contributed by atoms with Gasteiger partial charge in [0.1, 0.15) is 0 Å².